The number of nitrogens with zero attached hydrogens (tertiary/aromatic N) is 3. The molecule has 1 atom stereocenters. The van der Waals surface area contributed by atoms with E-state index in [0.717, 1.165) is 11.3 Å². The summed E-state index contributed by atoms with van der Waals surface area (Å²) in [5, 5.41) is 9.92. The van der Waals surface area contributed by atoms with Crippen LogP contribution in [0.1, 0.15) is 17.3 Å². The zero-order valence-corrected chi connectivity index (χ0v) is 8.23. The molecule has 2 aromatic heterocycles. The van der Waals surface area contributed by atoms with Crippen LogP contribution in [0.2, 0.25) is 0 Å². The second-order valence-corrected chi connectivity index (χ2v) is 3.22. The van der Waals surface area contributed by atoms with Crippen LogP contribution in [-0.2, 0) is 7.05 Å². The van der Waals surface area contributed by atoms with Crippen molar-refractivity contribution < 1.29 is 0 Å². The first kappa shape index (κ1) is 8.96. The summed E-state index contributed by atoms with van der Waals surface area (Å²) in [7, 11) is 3.87. The fourth-order valence-corrected chi connectivity index (χ4v) is 1.49. The summed E-state index contributed by atoms with van der Waals surface area (Å²) in [5.41, 5.74) is 2.09. The summed E-state index contributed by atoms with van der Waals surface area (Å²) in [6, 6.07) is 0.106. The highest BCUT2D eigenvalue weighted by molar-refractivity contribution is 5.21. The lowest BCUT2D eigenvalue weighted by Gasteiger charge is -2.10. The lowest BCUT2D eigenvalue weighted by Crippen LogP contribution is -2.17. The molecular formula is C9H13N5. The molecule has 0 saturated carbocycles. The van der Waals surface area contributed by atoms with E-state index >= 15 is 0 Å². The Morgan fingerprint density at radius 3 is 2.93 bits per heavy atom. The van der Waals surface area contributed by atoms with Crippen molar-refractivity contribution in [1.29, 1.82) is 0 Å². The molecule has 14 heavy (non-hydrogen) atoms. The van der Waals surface area contributed by atoms with Crippen LogP contribution >= 0.6 is 0 Å². The average Bonchev–Trinajstić information content (AvgIpc) is 2.79. The lowest BCUT2D eigenvalue weighted by atomic mass is 10.1. The topological polar surface area (TPSA) is 58.5 Å². The third-order valence-electron chi connectivity index (χ3n) is 2.16. The Hall–Kier alpha value is -1.62. The van der Waals surface area contributed by atoms with Gasteiger partial charge in [-0.25, -0.2) is 4.98 Å². The molecule has 74 valence electrons. The molecule has 2 rings (SSSR count). The Morgan fingerprint density at radius 2 is 2.43 bits per heavy atom. The van der Waals surface area contributed by atoms with Crippen LogP contribution in [0, 0.1) is 0 Å². The first-order valence-electron chi connectivity index (χ1n) is 4.45. The van der Waals surface area contributed by atoms with E-state index in [2.05, 4.69) is 20.5 Å². The molecule has 0 aliphatic rings. The molecule has 0 aliphatic carbocycles. The first-order valence-corrected chi connectivity index (χ1v) is 4.45. The number of aryl methyl sites for hydroxylation is 1. The minimum Gasteiger partial charge on any atom is -0.340 e. The average molecular weight is 191 g/mol. The van der Waals surface area contributed by atoms with Crippen molar-refractivity contribution in [3.05, 3.63) is 36.2 Å². The summed E-state index contributed by atoms with van der Waals surface area (Å²) < 4.78 is 1.93. The normalized spacial score (nSPS) is 13.0. The van der Waals surface area contributed by atoms with E-state index in [1.54, 1.807) is 12.5 Å². The van der Waals surface area contributed by atoms with Crippen molar-refractivity contribution in [2.75, 3.05) is 7.05 Å². The molecule has 0 fully saturated rings. The smallest absolute Gasteiger partial charge is 0.0947 e. The summed E-state index contributed by atoms with van der Waals surface area (Å²) in [5.74, 6) is 0. The predicted octanol–water partition coefficient (Wildman–Crippen LogP) is 0.452. The Balaban J connectivity index is 2.31. The van der Waals surface area contributed by atoms with Crippen LogP contribution in [0.15, 0.2) is 24.9 Å². The van der Waals surface area contributed by atoms with E-state index in [1.165, 1.54) is 0 Å². The van der Waals surface area contributed by atoms with Crippen LogP contribution in [0.25, 0.3) is 0 Å². The lowest BCUT2D eigenvalue weighted by molar-refractivity contribution is 0.674. The summed E-state index contributed by atoms with van der Waals surface area (Å²) >= 11 is 0. The van der Waals surface area contributed by atoms with Gasteiger partial charge in [-0.1, -0.05) is 0 Å². The summed E-state index contributed by atoms with van der Waals surface area (Å²) in [6.07, 6.45) is 7.46. The molecule has 0 radical (unpaired) electrons. The minimum atomic E-state index is 0.106. The molecule has 0 aliphatic heterocycles. The van der Waals surface area contributed by atoms with Crippen molar-refractivity contribution in [3.8, 4) is 0 Å². The standard InChI is InChI=1S/C9H13N5/c1-10-9(7-3-12-13-4-7)8-5-14(2)6-11-8/h3-6,9-10H,1-2H3,(H,12,13). The molecule has 0 bridgehead atoms. The van der Waals surface area contributed by atoms with Crippen LogP contribution in [0.5, 0.6) is 0 Å². The molecule has 2 N–H and O–H groups in total. The van der Waals surface area contributed by atoms with Crippen molar-refractivity contribution in [2.45, 2.75) is 6.04 Å². The van der Waals surface area contributed by atoms with Gasteiger partial charge in [0.05, 0.1) is 24.3 Å². The van der Waals surface area contributed by atoms with Gasteiger partial charge < -0.3 is 9.88 Å². The number of aromatic nitrogens is 4. The Kier molecular flexibility index (Phi) is 2.32. The SMILES string of the molecule is CNC(c1cn[nH]c1)c1cn(C)cn1. The fraction of sp³-hybridized carbons (Fsp3) is 0.333. The van der Waals surface area contributed by atoms with Gasteiger partial charge >= 0.3 is 0 Å². The number of H-pyrrole nitrogens is 1. The maximum Gasteiger partial charge on any atom is 0.0947 e. The van der Waals surface area contributed by atoms with Crippen molar-refractivity contribution in [2.24, 2.45) is 7.05 Å². The first-order chi connectivity index (χ1) is 6.81. The highest BCUT2D eigenvalue weighted by Crippen LogP contribution is 2.17. The molecule has 0 saturated heterocycles. The third kappa shape index (κ3) is 1.54. The van der Waals surface area contributed by atoms with E-state index in [9.17, 15) is 0 Å². The Bertz CT molecular complexity index is 389. The molecule has 2 heterocycles. The number of imidazole rings is 1. The second-order valence-electron chi connectivity index (χ2n) is 3.22. The highest BCUT2D eigenvalue weighted by Gasteiger charge is 2.14. The summed E-state index contributed by atoms with van der Waals surface area (Å²) in [6.45, 7) is 0. The van der Waals surface area contributed by atoms with Crippen molar-refractivity contribution in [3.63, 3.8) is 0 Å². The maximum absolute atomic E-state index is 4.30. The van der Waals surface area contributed by atoms with Gasteiger partial charge in [0.2, 0.25) is 0 Å². The van der Waals surface area contributed by atoms with E-state index in [1.807, 2.05) is 31.1 Å². The fourth-order valence-electron chi connectivity index (χ4n) is 1.49. The van der Waals surface area contributed by atoms with Gasteiger partial charge in [0, 0.05) is 25.0 Å². The molecular weight excluding hydrogens is 178 g/mol. The quantitative estimate of drug-likeness (QED) is 0.740. The highest BCUT2D eigenvalue weighted by atomic mass is 15.1. The molecule has 5 nitrogen and oxygen atoms in total. The third-order valence-corrected chi connectivity index (χ3v) is 2.16. The van der Waals surface area contributed by atoms with Gasteiger partial charge in [0.1, 0.15) is 0 Å². The molecule has 0 aromatic carbocycles. The van der Waals surface area contributed by atoms with Gasteiger partial charge in [0.25, 0.3) is 0 Å². The maximum atomic E-state index is 4.30. The number of hydrogen-bond acceptors (Lipinski definition) is 3. The Morgan fingerprint density at radius 1 is 1.57 bits per heavy atom. The molecule has 2 aromatic rings. The zero-order valence-electron chi connectivity index (χ0n) is 8.23. The van der Waals surface area contributed by atoms with Gasteiger partial charge in [0.15, 0.2) is 0 Å². The van der Waals surface area contributed by atoms with Crippen LogP contribution in [-0.4, -0.2) is 26.8 Å². The minimum absolute atomic E-state index is 0.106. The number of aromatic amines is 1. The zero-order chi connectivity index (χ0) is 9.97. The van der Waals surface area contributed by atoms with Gasteiger partial charge in [-0.05, 0) is 7.05 Å². The van der Waals surface area contributed by atoms with Crippen molar-refractivity contribution in [1.82, 2.24) is 25.1 Å². The second kappa shape index (κ2) is 3.63. The van der Waals surface area contributed by atoms with Gasteiger partial charge in [-0.3, -0.25) is 5.10 Å². The number of hydrogen-bond donors (Lipinski definition) is 2. The van der Waals surface area contributed by atoms with E-state index in [4.69, 9.17) is 0 Å². The molecule has 0 spiro atoms. The molecule has 5 heteroatoms. The predicted molar refractivity (Wildman–Crippen MR) is 52.7 cm³/mol. The number of nitrogens with one attached hydrogen (secondary N) is 2. The van der Waals surface area contributed by atoms with E-state index < -0.39 is 0 Å². The molecule has 1 unspecified atom stereocenters. The van der Waals surface area contributed by atoms with Crippen LogP contribution in [0.4, 0.5) is 0 Å². The summed E-state index contributed by atoms with van der Waals surface area (Å²) in [4.78, 5) is 4.30. The Labute approximate surface area is 82.2 Å². The van der Waals surface area contributed by atoms with Gasteiger partial charge in [-0.15, -0.1) is 0 Å². The van der Waals surface area contributed by atoms with Gasteiger partial charge in [-0.2, -0.15) is 5.10 Å². The van der Waals surface area contributed by atoms with Crippen LogP contribution < -0.4 is 5.32 Å². The van der Waals surface area contributed by atoms with Crippen LogP contribution in [0.3, 0.4) is 0 Å². The number of rotatable bonds is 3. The monoisotopic (exact) mass is 191 g/mol. The molecule has 0 amide bonds. The van der Waals surface area contributed by atoms with E-state index in [0.29, 0.717) is 0 Å². The largest absolute Gasteiger partial charge is 0.340 e. The van der Waals surface area contributed by atoms with E-state index in [-0.39, 0.29) is 6.04 Å². The van der Waals surface area contributed by atoms with Crippen molar-refractivity contribution >= 4 is 0 Å².